The molecule has 0 unspecified atom stereocenters. The van der Waals surface area contributed by atoms with E-state index in [9.17, 15) is 13.2 Å². The van der Waals surface area contributed by atoms with E-state index in [0.717, 1.165) is 27.1 Å². The van der Waals surface area contributed by atoms with Gasteiger partial charge in [0.15, 0.2) is 0 Å². The van der Waals surface area contributed by atoms with Gasteiger partial charge in [0.25, 0.3) is 0 Å². The van der Waals surface area contributed by atoms with E-state index in [1.165, 1.54) is 0 Å². The zero-order valence-electron chi connectivity index (χ0n) is 15.2. The molecule has 0 aliphatic heterocycles. The van der Waals surface area contributed by atoms with Gasteiger partial charge in [-0.1, -0.05) is 42.5 Å². The number of sulfonamides is 1. The molecule has 0 saturated heterocycles. The van der Waals surface area contributed by atoms with E-state index in [-0.39, 0.29) is 12.5 Å². The molecule has 0 fully saturated rings. The fourth-order valence-corrected chi connectivity index (χ4v) is 3.72. The molecular weight excluding hydrogens is 362 g/mol. The molecule has 3 rings (SSSR count). The first-order valence-electron chi connectivity index (χ1n) is 8.49. The number of nitrogens with one attached hydrogen (secondary N) is 1. The highest BCUT2D eigenvalue weighted by atomic mass is 32.2. The van der Waals surface area contributed by atoms with Crippen molar-refractivity contribution in [1.29, 1.82) is 0 Å². The first kappa shape index (κ1) is 18.8. The van der Waals surface area contributed by atoms with Crippen molar-refractivity contribution in [2.45, 2.75) is 13.5 Å². The molecular formula is C20H21N3O3S. The third-order valence-corrected chi connectivity index (χ3v) is 5.43. The summed E-state index contributed by atoms with van der Waals surface area (Å²) in [6.07, 6.45) is 2.69. The second-order valence-electron chi connectivity index (χ2n) is 6.33. The Labute approximate surface area is 158 Å². The summed E-state index contributed by atoms with van der Waals surface area (Å²) >= 11 is 0. The molecule has 0 bridgehead atoms. The topological polar surface area (TPSA) is 79.4 Å². The predicted octanol–water partition coefficient (Wildman–Crippen LogP) is 2.63. The van der Waals surface area contributed by atoms with Crippen LogP contribution in [0.2, 0.25) is 0 Å². The number of aryl methyl sites for hydroxylation is 1. The molecule has 0 aliphatic carbocycles. The van der Waals surface area contributed by atoms with Crippen LogP contribution < -0.4 is 9.62 Å². The van der Waals surface area contributed by atoms with Gasteiger partial charge in [0.2, 0.25) is 15.9 Å². The van der Waals surface area contributed by atoms with Gasteiger partial charge in [-0.15, -0.1) is 0 Å². The molecule has 6 nitrogen and oxygen atoms in total. The Bertz CT molecular complexity index is 1080. The van der Waals surface area contributed by atoms with Crippen LogP contribution in [-0.4, -0.2) is 32.1 Å². The summed E-state index contributed by atoms with van der Waals surface area (Å²) < 4.78 is 25.8. The van der Waals surface area contributed by atoms with Crippen LogP contribution in [0, 0.1) is 6.92 Å². The van der Waals surface area contributed by atoms with Gasteiger partial charge in [0, 0.05) is 18.1 Å². The minimum atomic E-state index is -3.66. The molecule has 0 saturated carbocycles. The molecule has 0 spiro atoms. The molecule has 0 aliphatic rings. The molecule has 1 amide bonds. The Morgan fingerprint density at radius 1 is 1.07 bits per heavy atom. The van der Waals surface area contributed by atoms with E-state index >= 15 is 0 Å². The quantitative estimate of drug-likeness (QED) is 0.710. The van der Waals surface area contributed by atoms with E-state index in [0.29, 0.717) is 17.7 Å². The highest BCUT2D eigenvalue weighted by Gasteiger charge is 2.23. The lowest BCUT2D eigenvalue weighted by Gasteiger charge is -2.23. The number of hydrogen-bond acceptors (Lipinski definition) is 4. The van der Waals surface area contributed by atoms with Crippen LogP contribution in [-0.2, 0) is 21.4 Å². The number of amides is 1. The average Bonchev–Trinajstić information content (AvgIpc) is 2.64. The van der Waals surface area contributed by atoms with Crippen molar-refractivity contribution in [3.63, 3.8) is 0 Å². The number of hydrogen-bond donors (Lipinski definition) is 1. The summed E-state index contributed by atoms with van der Waals surface area (Å²) in [4.78, 5) is 16.7. The number of nitrogens with zero attached hydrogens (tertiary/aromatic N) is 2. The molecule has 140 valence electrons. The van der Waals surface area contributed by atoms with Crippen LogP contribution in [0.1, 0.15) is 11.1 Å². The zero-order chi connectivity index (χ0) is 19.4. The van der Waals surface area contributed by atoms with Crippen LogP contribution in [0.15, 0.2) is 60.8 Å². The number of benzene rings is 2. The van der Waals surface area contributed by atoms with Crippen molar-refractivity contribution in [3.8, 4) is 0 Å². The summed E-state index contributed by atoms with van der Waals surface area (Å²) in [6, 6.07) is 16.6. The minimum absolute atomic E-state index is 0.305. The largest absolute Gasteiger partial charge is 0.350 e. The molecule has 0 radical (unpaired) electrons. The van der Waals surface area contributed by atoms with Crippen molar-refractivity contribution < 1.29 is 13.2 Å². The number of aromatic nitrogens is 1. The Balaban J connectivity index is 1.84. The van der Waals surface area contributed by atoms with Crippen LogP contribution in [0.3, 0.4) is 0 Å². The van der Waals surface area contributed by atoms with Gasteiger partial charge in [-0.2, -0.15) is 0 Å². The first-order valence-corrected chi connectivity index (χ1v) is 10.3. The molecule has 3 aromatic rings. The van der Waals surface area contributed by atoms with Gasteiger partial charge in [-0.05, 0) is 30.2 Å². The highest BCUT2D eigenvalue weighted by Crippen LogP contribution is 2.26. The Morgan fingerprint density at radius 3 is 2.56 bits per heavy atom. The molecule has 2 aromatic carbocycles. The lowest BCUT2D eigenvalue weighted by Crippen LogP contribution is -2.40. The number of anilines is 1. The van der Waals surface area contributed by atoms with Crippen LogP contribution in [0.25, 0.3) is 10.9 Å². The summed E-state index contributed by atoms with van der Waals surface area (Å²) in [5.41, 5.74) is 2.98. The summed E-state index contributed by atoms with van der Waals surface area (Å²) in [7, 11) is -3.66. The van der Waals surface area contributed by atoms with Crippen LogP contribution in [0.4, 0.5) is 5.69 Å². The zero-order valence-corrected chi connectivity index (χ0v) is 16.0. The molecule has 7 heteroatoms. The van der Waals surface area contributed by atoms with E-state index in [4.69, 9.17) is 0 Å². The molecule has 0 atom stereocenters. The number of pyridine rings is 1. The first-order chi connectivity index (χ1) is 12.9. The fourth-order valence-electron chi connectivity index (χ4n) is 2.86. The third-order valence-electron chi connectivity index (χ3n) is 4.30. The molecule has 1 N–H and O–H groups in total. The highest BCUT2D eigenvalue weighted by molar-refractivity contribution is 7.92. The monoisotopic (exact) mass is 383 g/mol. The molecule has 1 heterocycles. The van der Waals surface area contributed by atoms with Gasteiger partial charge in [0.05, 0.1) is 17.5 Å². The van der Waals surface area contributed by atoms with Crippen LogP contribution in [0.5, 0.6) is 0 Å². The summed E-state index contributed by atoms with van der Waals surface area (Å²) in [5.74, 6) is -0.378. The maximum absolute atomic E-state index is 12.5. The van der Waals surface area contributed by atoms with Gasteiger partial charge >= 0.3 is 0 Å². The molecule has 27 heavy (non-hydrogen) atoms. The number of carbonyl (C=O) groups excluding carboxylic acids is 1. The maximum Gasteiger partial charge on any atom is 0.241 e. The van der Waals surface area contributed by atoms with Gasteiger partial charge in [-0.3, -0.25) is 14.1 Å². The van der Waals surface area contributed by atoms with Crippen LogP contribution >= 0.6 is 0 Å². The number of fused-ring (bicyclic) bond motifs is 1. The van der Waals surface area contributed by atoms with E-state index in [1.807, 2.05) is 43.3 Å². The minimum Gasteiger partial charge on any atom is -0.350 e. The maximum atomic E-state index is 12.5. The van der Waals surface area contributed by atoms with E-state index in [1.54, 1.807) is 24.4 Å². The van der Waals surface area contributed by atoms with Crippen molar-refractivity contribution in [1.82, 2.24) is 10.3 Å². The number of rotatable bonds is 6. The van der Waals surface area contributed by atoms with E-state index < -0.39 is 10.0 Å². The second kappa shape index (κ2) is 7.75. The number of para-hydroxylation sites is 1. The van der Waals surface area contributed by atoms with Crippen molar-refractivity contribution in [3.05, 3.63) is 71.9 Å². The summed E-state index contributed by atoms with van der Waals surface area (Å²) in [6.45, 7) is 2.00. The smallest absolute Gasteiger partial charge is 0.241 e. The Hall–Kier alpha value is -2.93. The predicted molar refractivity (Wildman–Crippen MR) is 107 cm³/mol. The molecule has 1 aromatic heterocycles. The third kappa shape index (κ3) is 4.43. The second-order valence-corrected chi connectivity index (χ2v) is 8.23. The van der Waals surface area contributed by atoms with Crippen molar-refractivity contribution in [2.24, 2.45) is 0 Å². The van der Waals surface area contributed by atoms with Gasteiger partial charge < -0.3 is 5.32 Å². The Kier molecular flexibility index (Phi) is 5.41. The van der Waals surface area contributed by atoms with Gasteiger partial charge in [-0.25, -0.2) is 8.42 Å². The summed E-state index contributed by atoms with van der Waals surface area (Å²) in [5, 5.41) is 3.60. The normalized spacial score (nSPS) is 11.3. The Morgan fingerprint density at radius 2 is 1.81 bits per heavy atom. The lowest BCUT2D eigenvalue weighted by atomic mass is 10.1. The van der Waals surface area contributed by atoms with E-state index in [2.05, 4.69) is 10.3 Å². The lowest BCUT2D eigenvalue weighted by molar-refractivity contribution is -0.119. The average molecular weight is 383 g/mol. The fraction of sp³-hybridized carbons (Fsp3) is 0.200. The van der Waals surface area contributed by atoms with Gasteiger partial charge in [0.1, 0.15) is 6.54 Å². The van der Waals surface area contributed by atoms with Crippen molar-refractivity contribution >= 4 is 32.5 Å². The SMILES string of the molecule is Cc1ccccc1CNC(=O)CN(c1cccc2cccnc12)S(C)(=O)=O. The number of carbonyl (C=O) groups is 1. The standard InChI is InChI=1S/C20H21N3O3S/c1-15-7-3-4-8-17(15)13-22-19(24)14-23(27(2,25)26)18-11-5-9-16-10-6-12-21-20(16)18/h3-12H,13-14H2,1-2H3,(H,22,24). The van der Waals surface area contributed by atoms with Crippen molar-refractivity contribution in [2.75, 3.05) is 17.1 Å².